The van der Waals surface area contributed by atoms with Crippen LogP contribution in [0.4, 0.5) is 0 Å². The van der Waals surface area contributed by atoms with Crippen molar-refractivity contribution in [1.29, 1.82) is 0 Å². The number of carbonyl (C=O) groups excluding carboxylic acids is 3. The van der Waals surface area contributed by atoms with Gasteiger partial charge in [0.1, 0.15) is 11.3 Å². The molecule has 0 saturated carbocycles. The molecule has 0 saturated heterocycles. The van der Waals surface area contributed by atoms with Crippen LogP contribution in [0.1, 0.15) is 19.3 Å². The molecule has 0 aliphatic heterocycles. The first-order valence-electron chi connectivity index (χ1n) is 7.26. The number of rotatable bonds is 11. The van der Waals surface area contributed by atoms with Gasteiger partial charge >= 0.3 is 5.97 Å². The maximum Gasteiger partial charge on any atom is 0.332 e. The summed E-state index contributed by atoms with van der Waals surface area (Å²) in [6.45, 7) is 0. The molecule has 0 radical (unpaired) electrons. The van der Waals surface area contributed by atoms with Gasteiger partial charge in [0.25, 0.3) is 5.91 Å². The number of pyridine rings is 1. The molecule has 0 spiro atoms. The van der Waals surface area contributed by atoms with Crippen LogP contribution >= 0.6 is 29.4 Å². The topological polar surface area (TPSA) is 102 Å². The van der Waals surface area contributed by atoms with Crippen LogP contribution < -0.4 is 5.48 Å². The standard InChI is InChI=1S/C14H19N2O5PS2/c17-8-3-4-12(18)16-21-14(19)6-9-22(20)10-11-23-24-13-5-1-2-7-15-13/h1-2,5,7-8,22H,3-4,6,9-11H2,(H,16,18). The molecule has 1 heterocycles. The number of hydrogen-bond donors (Lipinski definition) is 1. The third kappa shape index (κ3) is 10.5. The number of carbonyl (C=O) groups is 3. The Labute approximate surface area is 148 Å². The van der Waals surface area contributed by atoms with Crippen LogP contribution in [0.2, 0.25) is 0 Å². The molecule has 1 unspecified atom stereocenters. The van der Waals surface area contributed by atoms with Crippen LogP contribution in [-0.2, 0) is 23.8 Å². The Morgan fingerprint density at radius 1 is 1.29 bits per heavy atom. The molecule has 1 amide bonds. The van der Waals surface area contributed by atoms with Crippen molar-refractivity contribution in [3.05, 3.63) is 24.4 Å². The molecule has 0 aliphatic carbocycles. The molecule has 0 bridgehead atoms. The van der Waals surface area contributed by atoms with Gasteiger partial charge in [-0.2, -0.15) is 5.48 Å². The van der Waals surface area contributed by atoms with Crippen molar-refractivity contribution in [2.45, 2.75) is 24.3 Å². The second-order valence-corrected chi connectivity index (χ2v) is 9.08. The Morgan fingerprint density at radius 3 is 2.83 bits per heavy atom. The molecule has 0 aromatic carbocycles. The van der Waals surface area contributed by atoms with E-state index in [0.717, 1.165) is 5.03 Å². The molecule has 1 aromatic rings. The van der Waals surface area contributed by atoms with Crippen molar-refractivity contribution in [1.82, 2.24) is 10.5 Å². The minimum absolute atomic E-state index is 0.0101. The Morgan fingerprint density at radius 2 is 2.12 bits per heavy atom. The minimum atomic E-state index is -1.85. The number of aldehydes is 1. The Balaban J connectivity index is 2.05. The number of nitrogens with zero attached hydrogens (tertiary/aromatic N) is 1. The Hall–Kier alpha value is -1.31. The summed E-state index contributed by atoms with van der Waals surface area (Å²) in [6, 6.07) is 5.65. The molecule has 1 atom stereocenters. The third-order valence-electron chi connectivity index (χ3n) is 2.62. The first-order valence-corrected chi connectivity index (χ1v) is 11.4. The van der Waals surface area contributed by atoms with Crippen molar-refractivity contribution in [2.24, 2.45) is 0 Å². The minimum Gasteiger partial charge on any atom is -0.341 e. The highest BCUT2D eigenvalue weighted by Crippen LogP contribution is 2.32. The second-order valence-electron chi connectivity index (χ2n) is 4.57. The highest BCUT2D eigenvalue weighted by atomic mass is 33.1. The SMILES string of the molecule is O=CCCC(=O)NOC(=O)CC[PH](=O)CCSSc1ccccn1. The van der Waals surface area contributed by atoms with Gasteiger partial charge in [0.15, 0.2) is 0 Å². The lowest BCUT2D eigenvalue weighted by Crippen LogP contribution is -2.27. The maximum atomic E-state index is 11.9. The van der Waals surface area contributed by atoms with Gasteiger partial charge in [-0.15, -0.1) is 0 Å². The Kier molecular flexibility index (Phi) is 11.3. The van der Waals surface area contributed by atoms with Gasteiger partial charge in [0.05, 0.1) is 14.2 Å². The average molecular weight is 390 g/mol. The van der Waals surface area contributed by atoms with Crippen LogP contribution in [-0.4, -0.2) is 41.2 Å². The fourth-order valence-electron chi connectivity index (χ4n) is 1.43. The van der Waals surface area contributed by atoms with E-state index in [-0.39, 0.29) is 25.4 Å². The lowest BCUT2D eigenvalue weighted by molar-refractivity contribution is -0.157. The molecular weight excluding hydrogens is 371 g/mol. The van der Waals surface area contributed by atoms with Crippen molar-refractivity contribution in [2.75, 3.05) is 18.1 Å². The molecule has 1 rings (SSSR count). The van der Waals surface area contributed by atoms with Gasteiger partial charge in [-0.05, 0) is 22.9 Å². The Bertz CT molecular complexity index is 559. The van der Waals surface area contributed by atoms with Gasteiger partial charge in [0, 0.05) is 37.1 Å². The van der Waals surface area contributed by atoms with Crippen LogP contribution in [0.15, 0.2) is 29.4 Å². The van der Waals surface area contributed by atoms with Gasteiger partial charge in [-0.25, -0.2) is 9.78 Å². The van der Waals surface area contributed by atoms with Crippen LogP contribution in [0.3, 0.4) is 0 Å². The molecule has 10 heteroatoms. The second kappa shape index (κ2) is 13.0. The van der Waals surface area contributed by atoms with E-state index < -0.39 is 19.7 Å². The van der Waals surface area contributed by atoms with Crippen molar-refractivity contribution in [3.8, 4) is 0 Å². The summed E-state index contributed by atoms with van der Waals surface area (Å²) >= 11 is 0. The number of hydroxylamine groups is 1. The zero-order valence-corrected chi connectivity index (χ0v) is 15.6. The molecule has 7 nitrogen and oxygen atoms in total. The fourth-order valence-corrected chi connectivity index (χ4v) is 5.50. The summed E-state index contributed by atoms with van der Waals surface area (Å²) in [7, 11) is 1.24. The molecule has 24 heavy (non-hydrogen) atoms. The fraction of sp³-hybridized carbons (Fsp3) is 0.429. The van der Waals surface area contributed by atoms with E-state index in [0.29, 0.717) is 18.2 Å². The summed E-state index contributed by atoms with van der Waals surface area (Å²) in [5.74, 6) is -0.467. The van der Waals surface area contributed by atoms with E-state index in [2.05, 4.69) is 9.82 Å². The lowest BCUT2D eigenvalue weighted by Gasteiger charge is -2.05. The smallest absolute Gasteiger partial charge is 0.332 e. The molecule has 1 aromatic heterocycles. The molecule has 132 valence electrons. The van der Waals surface area contributed by atoms with E-state index >= 15 is 0 Å². The van der Waals surface area contributed by atoms with E-state index in [1.54, 1.807) is 17.0 Å². The highest BCUT2D eigenvalue weighted by Gasteiger charge is 2.09. The molecular formula is C14H19N2O5PS2. The molecule has 0 fully saturated rings. The monoisotopic (exact) mass is 390 g/mol. The quantitative estimate of drug-likeness (QED) is 0.202. The molecule has 1 N–H and O–H groups in total. The van der Waals surface area contributed by atoms with Gasteiger partial charge in [0.2, 0.25) is 0 Å². The summed E-state index contributed by atoms with van der Waals surface area (Å²) in [5.41, 5.74) is 1.96. The van der Waals surface area contributed by atoms with Crippen molar-refractivity contribution < 1.29 is 23.8 Å². The van der Waals surface area contributed by atoms with Crippen LogP contribution in [0.5, 0.6) is 0 Å². The number of aromatic nitrogens is 1. The normalized spacial score (nSPS) is 11.5. The predicted molar refractivity (Wildman–Crippen MR) is 95.4 cm³/mol. The lowest BCUT2D eigenvalue weighted by atomic mass is 10.3. The van der Waals surface area contributed by atoms with Crippen molar-refractivity contribution >= 4 is 47.6 Å². The van der Waals surface area contributed by atoms with E-state index in [1.165, 1.54) is 10.8 Å². The highest BCUT2D eigenvalue weighted by molar-refractivity contribution is 8.76. The van der Waals surface area contributed by atoms with E-state index in [4.69, 9.17) is 0 Å². The zero-order chi connectivity index (χ0) is 17.6. The summed E-state index contributed by atoms with van der Waals surface area (Å²) in [4.78, 5) is 41.3. The van der Waals surface area contributed by atoms with Gasteiger partial charge in [-0.1, -0.05) is 16.9 Å². The number of amides is 1. The number of hydrogen-bond acceptors (Lipinski definition) is 8. The summed E-state index contributed by atoms with van der Waals surface area (Å²) in [6.07, 6.45) is 3.15. The summed E-state index contributed by atoms with van der Waals surface area (Å²) < 4.78 is 11.9. The van der Waals surface area contributed by atoms with Crippen LogP contribution in [0.25, 0.3) is 0 Å². The predicted octanol–water partition coefficient (Wildman–Crippen LogP) is 2.33. The van der Waals surface area contributed by atoms with Crippen molar-refractivity contribution in [3.63, 3.8) is 0 Å². The van der Waals surface area contributed by atoms with Gasteiger partial charge < -0.3 is 14.2 Å². The van der Waals surface area contributed by atoms with E-state index in [1.807, 2.05) is 23.7 Å². The summed E-state index contributed by atoms with van der Waals surface area (Å²) in [5, 5.41) is 0.899. The molecule has 0 aliphatic rings. The largest absolute Gasteiger partial charge is 0.341 e. The van der Waals surface area contributed by atoms with Crippen LogP contribution in [0, 0.1) is 0 Å². The zero-order valence-electron chi connectivity index (χ0n) is 12.9. The number of nitrogens with one attached hydrogen (secondary N) is 1. The third-order valence-corrected chi connectivity index (χ3v) is 6.87. The first-order chi connectivity index (χ1) is 11.6. The van der Waals surface area contributed by atoms with Gasteiger partial charge in [-0.3, -0.25) is 4.79 Å². The average Bonchev–Trinajstić information content (AvgIpc) is 2.61. The van der Waals surface area contributed by atoms with E-state index in [9.17, 15) is 18.9 Å². The maximum absolute atomic E-state index is 11.9. The first kappa shape index (κ1) is 20.7.